The molecular weight excluding hydrogens is 687 g/mol. The van der Waals surface area contributed by atoms with Crippen LogP contribution >= 0.6 is 0 Å². The van der Waals surface area contributed by atoms with E-state index in [2.05, 4.69) is 208 Å². The number of allylic oxidation sites excluding steroid dienone is 4. The molecule has 2 atom stereocenters. The van der Waals surface area contributed by atoms with Crippen LogP contribution in [0, 0.1) is 6.92 Å². The van der Waals surface area contributed by atoms with Crippen LogP contribution in [-0.2, 0) is 4.74 Å². The Morgan fingerprint density at radius 2 is 1.23 bits per heavy atom. The number of fused-ring (bicyclic) bond motifs is 1. The summed E-state index contributed by atoms with van der Waals surface area (Å²) in [6, 6.07) is 62.3. The van der Waals surface area contributed by atoms with Crippen molar-refractivity contribution in [1.82, 2.24) is 0 Å². The Morgan fingerprint density at radius 1 is 0.561 bits per heavy atom. The van der Waals surface area contributed by atoms with E-state index >= 15 is 0 Å². The molecule has 2 heteroatoms. The summed E-state index contributed by atoms with van der Waals surface area (Å²) < 4.78 is 7.02. The zero-order valence-electron chi connectivity index (χ0n) is 31.8. The maximum atomic E-state index is 7.02. The van der Waals surface area contributed by atoms with E-state index in [4.69, 9.17) is 4.74 Å². The molecular formula is C55H39BO. The molecule has 8 aromatic carbocycles. The first kappa shape index (κ1) is 33.6. The van der Waals surface area contributed by atoms with Crippen LogP contribution < -0.4 is 5.22 Å². The first-order valence-electron chi connectivity index (χ1n) is 20.0. The SMILES string of the molecule is Cc1cccc(C2=CC3=CC(C=C2)OC(C2CC(c4ccccc4-c4ccccc4)=c4ccc5ccc(-c6ccccc6-c6ccccc6)c6ccc2c4c56)=B3)c1. The van der Waals surface area contributed by atoms with Crippen LogP contribution in [0.3, 0.4) is 0 Å². The Kier molecular flexibility index (Phi) is 8.10. The van der Waals surface area contributed by atoms with Crippen molar-refractivity contribution in [3.63, 3.8) is 0 Å². The molecule has 2 unspecified atom stereocenters. The van der Waals surface area contributed by atoms with Crippen LogP contribution in [0.2, 0.25) is 0 Å². The summed E-state index contributed by atoms with van der Waals surface area (Å²) >= 11 is 0. The fourth-order valence-corrected chi connectivity index (χ4v) is 9.51. The first-order valence-corrected chi connectivity index (χ1v) is 20.0. The summed E-state index contributed by atoms with van der Waals surface area (Å²) in [5.74, 6) is 0.0279. The number of aryl methyl sites for hydroxylation is 1. The topological polar surface area (TPSA) is 9.23 Å². The van der Waals surface area contributed by atoms with Crippen LogP contribution in [0.4, 0.5) is 0 Å². The maximum absolute atomic E-state index is 7.02. The Morgan fingerprint density at radius 3 is 1.98 bits per heavy atom. The average Bonchev–Trinajstić information content (AvgIpc) is 3.42. The van der Waals surface area contributed by atoms with Crippen LogP contribution in [0.1, 0.15) is 34.6 Å². The van der Waals surface area contributed by atoms with Gasteiger partial charge in [-0.1, -0.05) is 6.07 Å². The van der Waals surface area contributed by atoms with E-state index in [1.165, 1.54) is 99.0 Å². The van der Waals surface area contributed by atoms with Crippen LogP contribution in [0.5, 0.6) is 0 Å². The van der Waals surface area contributed by atoms with Gasteiger partial charge < -0.3 is 0 Å². The number of hydrogen-bond donors (Lipinski definition) is 0. The zero-order valence-corrected chi connectivity index (χ0v) is 31.8. The molecule has 0 radical (unpaired) electrons. The Labute approximate surface area is 334 Å². The molecule has 57 heavy (non-hydrogen) atoms. The number of ether oxygens (including phenoxy) is 1. The Balaban J connectivity index is 1.15. The molecule has 11 rings (SSSR count). The molecule has 0 aromatic heterocycles. The zero-order chi connectivity index (χ0) is 37.9. The minimum atomic E-state index is -0.141. The van der Waals surface area contributed by atoms with E-state index in [1.807, 2.05) is 0 Å². The first-order chi connectivity index (χ1) is 28.2. The van der Waals surface area contributed by atoms with Crippen LogP contribution in [-0.4, -0.2) is 18.7 Å². The monoisotopic (exact) mass is 726 g/mol. The molecule has 0 spiro atoms. The molecule has 0 saturated heterocycles. The Bertz CT molecular complexity index is 3070. The molecule has 3 aliphatic rings. The predicted octanol–water partition coefficient (Wildman–Crippen LogP) is 12.5. The molecule has 1 heterocycles. The number of benzene rings is 8. The molecule has 2 aliphatic carbocycles. The van der Waals surface area contributed by atoms with Crippen molar-refractivity contribution < 1.29 is 4.74 Å². The third kappa shape index (κ3) is 5.83. The molecule has 2 bridgehead atoms. The van der Waals surface area contributed by atoms with E-state index in [-0.39, 0.29) is 12.0 Å². The summed E-state index contributed by atoms with van der Waals surface area (Å²) in [7, 11) is 0. The normalized spacial score (nSPS) is 17.0. The van der Waals surface area contributed by atoms with E-state index in [9.17, 15) is 0 Å². The van der Waals surface area contributed by atoms with Crippen molar-refractivity contribution in [2.24, 2.45) is 0 Å². The van der Waals surface area contributed by atoms with Gasteiger partial charge in [0.25, 0.3) is 0 Å². The van der Waals surface area contributed by atoms with E-state index < -0.39 is 0 Å². The fraction of sp³-hybridized carbons (Fsp3) is 0.0727. The van der Waals surface area contributed by atoms with Gasteiger partial charge in [0.2, 0.25) is 0 Å². The number of hydrogen-bond acceptors (Lipinski definition) is 1. The fourth-order valence-electron chi connectivity index (χ4n) is 9.51. The predicted molar refractivity (Wildman–Crippen MR) is 241 cm³/mol. The van der Waals surface area contributed by atoms with E-state index in [0.29, 0.717) is 0 Å². The van der Waals surface area contributed by atoms with Gasteiger partial charge in [-0.3, -0.25) is 0 Å². The van der Waals surface area contributed by atoms with Crippen molar-refractivity contribution in [1.29, 1.82) is 0 Å². The van der Waals surface area contributed by atoms with Crippen molar-refractivity contribution in [3.05, 3.63) is 227 Å². The Hall–Kier alpha value is -6.77. The van der Waals surface area contributed by atoms with Gasteiger partial charge in [-0.25, -0.2) is 0 Å². The van der Waals surface area contributed by atoms with Crippen molar-refractivity contribution in [3.8, 4) is 33.4 Å². The number of rotatable bonds is 6. The van der Waals surface area contributed by atoms with E-state index in [0.717, 1.165) is 12.1 Å². The molecule has 1 nitrogen and oxygen atoms in total. The van der Waals surface area contributed by atoms with Gasteiger partial charge in [-0.15, -0.1) is 0 Å². The summed E-state index contributed by atoms with van der Waals surface area (Å²) in [5.41, 5.74) is 17.3. The van der Waals surface area contributed by atoms with Gasteiger partial charge in [-0.2, -0.15) is 0 Å². The molecule has 0 fully saturated rings. The molecule has 0 saturated carbocycles. The standard InChI is InChI=1S/C55H39BO/c1-35-13-12-18-39(31-35)40-23-26-42-33-41(32-40)56-55(57-42)52-34-51(46-22-11-9-20-44(46)37-16-6-3-7-17-37)49-28-25-38-24-27-47(48-29-30-50(52)54(49)53(38)48)45-21-10-8-19-43(45)36-14-4-2-5-15-36/h2-33,42,52H,34H2,1H3. The summed E-state index contributed by atoms with van der Waals surface area (Å²) in [5, 5.41) is 6.49. The van der Waals surface area contributed by atoms with Gasteiger partial charge in [0.1, 0.15) is 0 Å². The molecule has 268 valence electrons. The van der Waals surface area contributed by atoms with Crippen LogP contribution in [0.25, 0.3) is 66.1 Å². The van der Waals surface area contributed by atoms with Gasteiger partial charge in [0.05, 0.1) is 0 Å². The summed E-state index contributed by atoms with van der Waals surface area (Å²) in [4.78, 5) is 0. The second-order valence-corrected chi connectivity index (χ2v) is 15.6. The third-order valence-corrected chi connectivity index (χ3v) is 12.1. The molecule has 8 aromatic rings. The molecule has 0 N–H and O–H groups in total. The summed E-state index contributed by atoms with van der Waals surface area (Å²) in [6.07, 6.45) is 9.71. The van der Waals surface area contributed by atoms with Crippen LogP contribution in [0.15, 0.2) is 200 Å². The van der Waals surface area contributed by atoms with Crippen molar-refractivity contribution in [2.75, 3.05) is 0 Å². The minimum absolute atomic E-state index is 0.0279. The second kappa shape index (κ2) is 13.8. The van der Waals surface area contributed by atoms with Gasteiger partial charge in [0, 0.05) is 0 Å². The second-order valence-electron chi connectivity index (χ2n) is 15.6. The van der Waals surface area contributed by atoms with E-state index in [1.54, 1.807) is 0 Å². The average molecular weight is 727 g/mol. The molecule has 1 aliphatic heterocycles. The van der Waals surface area contributed by atoms with Crippen molar-refractivity contribution in [2.45, 2.75) is 25.4 Å². The van der Waals surface area contributed by atoms with Gasteiger partial charge >= 0.3 is 330 Å². The van der Waals surface area contributed by atoms with Crippen molar-refractivity contribution >= 4 is 45.3 Å². The van der Waals surface area contributed by atoms with Gasteiger partial charge in [0.15, 0.2) is 0 Å². The van der Waals surface area contributed by atoms with Gasteiger partial charge in [-0.05, 0) is 0 Å². The summed E-state index contributed by atoms with van der Waals surface area (Å²) in [6.45, 7) is 4.46. The third-order valence-electron chi connectivity index (χ3n) is 12.1. The molecule has 0 amide bonds. The quantitative estimate of drug-likeness (QED) is 0.155.